The first-order chi connectivity index (χ1) is 18.6. The molecule has 0 unspecified atom stereocenters. The van der Waals surface area contributed by atoms with E-state index in [1.54, 1.807) is 48.5 Å². The average Bonchev–Trinajstić information content (AvgIpc) is 2.93. The Morgan fingerprint density at radius 2 is 1.69 bits per heavy atom. The number of hydrogen-bond acceptors (Lipinski definition) is 10. The Bertz CT molecular complexity index is 1370. The number of anilines is 2. The van der Waals surface area contributed by atoms with Gasteiger partial charge in [0, 0.05) is 13.1 Å². The number of nitrogens with zero attached hydrogens (tertiary/aromatic N) is 3. The Balaban J connectivity index is 1.81. The van der Waals surface area contributed by atoms with Crippen molar-refractivity contribution in [3.63, 3.8) is 0 Å². The Morgan fingerprint density at radius 3 is 2.31 bits per heavy atom. The third-order valence-electron chi connectivity index (χ3n) is 5.99. The zero-order valence-corrected chi connectivity index (χ0v) is 23.3. The number of aromatic nitrogens is 2. The molecular weight excluding hydrogens is 524 g/mol. The third kappa shape index (κ3) is 6.88. The van der Waals surface area contributed by atoms with E-state index in [1.165, 1.54) is 7.11 Å². The predicted octanol–water partition coefficient (Wildman–Crippen LogP) is 3.58. The molecule has 0 atom stereocenters. The summed E-state index contributed by atoms with van der Waals surface area (Å²) in [7, 11) is -2.60. The second kappa shape index (κ2) is 12.1. The summed E-state index contributed by atoms with van der Waals surface area (Å²) in [6.07, 6.45) is 0. The first-order valence-corrected chi connectivity index (χ1v) is 14.0. The summed E-state index contributed by atoms with van der Waals surface area (Å²) in [6, 6.07) is 13.6. The van der Waals surface area contributed by atoms with E-state index in [4.69, 9.17) is 18.9 Å². The van der Waals surface area contributed by atoms with Crippen molar-refractivity contribution in [1.29, 1.82) is 0 Å². The molecule has 2 aromatic carbocycles. The van der Waals surface area contributed by atoms with E-state index in [9.17, 15) is 13.5 Å². The van der Waals surface area contributed by atoms with Crippen LogP contribution in [0, 0.1) is 0 Å². The molecule has 11 nitrogen and oxygen atoms in total. The fraction of sp³-hybridized carbons (Fsp3) is 0.407. The van der Waals surface area contributed by atoms with Crippen LogP contribution in [0.1, 0.15) is 26.3 Å². The van der Waals surface area contributed by atoms with Gasteiger partial charge in [0.05, 0.1) is 31.8 Å². The van der Waals surface area contributed by atoms with Gasteiger partial charge in [-0.05, 0) is 35.2 Å². The molecule has 0 aliphatic carbocycles. The molecule has 0 spiro atoms. The number of aliphatic hydroxyl groups excluding tert-OH is 1. The monoisotopic (exact) mass is 558 g/mol. The Hall–Kier alpha value is -3.61. The Kier molecular flexibility index (Phi) is 8.78. The van der Waals surface area contributed by atoms with E-state index < -0.39 is 10.0 Å². The molecule has 1 aliphatic heterocycles. The van der Waals surface area contributed by atoms with Crippen molar-refractivity contribution in [3.8, 4) is 23.1 Å². The Morgan fingerprint density at radius 1 is 1.03 bits per heavy atom. The first-order valence-electron chi connectivity index (χ1n) is 12.5. The van der Waals surface area contributed by atoms with E-state index in [2.05, 4.69) is 35.5 Å². The fourth-order valence-corrected chi connectivity index (χ4v) is 4.86. The maximum Gasteiger partial charge on any atom is 0.265 e. The van der Waals surface area contributed by atoms with Crippen LogP contribution in [0.4, 0.5) is 11.8 Å². The lowest BCUT2D eigenvalue weighted by Gasteiger charge is -2.28. The summed E-state index contributed by atoms with van der Waals surface area (Å²) in [5.41, 5.74) is 0.863. The minimum atomic E-state index is -4.09. The summed E-state index contributed by atoms with van der Waals surface area (Å²) in [6.45, 7) is 7.73. The average molecular weight is 559 g/mol. The quantitative estimate of drug-likeness (QED) is 0.380. The maximum atomic E-state index is 13.5. The molecule has 39 heavy (non-hydrogen) atoms. The van der Waals surface area contributed by atoms with Crippen LogP contribution >= 0.6 is 0 Å². The molecule has 0 radical (unpaired) electrons. The minimum Gasteiger partial charge on any atom is -0.493 e. The van der Waals surface area contributed by atoms with Gasteiger partial charge in [-0.2, -0.15) is 9.97 Å². The van der Waals surface area contributed by atoms with Crippen LogP contribution in [0.25, 0.3) is 0 Å². The van der Waals surface area contributed by atoms with Crippen LogP contribution in [-0.2, 0) is 20.2 Å². The lowest BCUT2D eigenvalue weighted by molar-refractivity contribution is 0.122. The summed E-state index contributed by atoms with van der Waals surface area (Å²) in [5, 5.41) is 9.42. The highest BCUT2D eigenvalue weighted by molar-refractivity contribution is 7.92. The first kappa shape index (κ1) is 28.4. The lowest BCUT2D eigenvalue weighted by atomic mass is 9.87. The van der Waals surface area contributed by atoms with Gasteiger partial charge >= 0.3 is 0 Å². The zero-order chi connectivity index (χ0) is 28.0. The van der Waals surface area contributed by atoms with Crippen LogP contribution in [0.2, 0.25) is 0 Å². The van der Waals surface area contributed by atoms with E-state index in [-0.39, 0.29) is 46.9 Å². The number of hydrogen-bond donors (Lipinski definition) is 2. The molecule has 0 bridgehead atoms. The van der Waals surface area contributed by atoms with Gasteiger partial charge in [-0.3, -0.25) is 4.72 Å². The van der Waals surface area contributed by atoms with Crippen LogP contribution in [0.15, 0.2) is 53.4 Å². The zero-order valence-electron chi connectivity index (χ0n) is 22.5. The van der Waals surface area contributed by atoms with E-state index in [0.29, 0.717) is 37.8 Å². The SMILES string of the molecule is COc1ccccc1Oc1c(NS(=O)(=O)c2ccc(C(C)(C)C)cc2)nc(N2CCOCC2)nc1OCCO. The van der Waals surface area contributed by atoms with E-state index >= 15 is 0 Å². The molecule has 2 N–H and O–H groups in total. The molecular formula is C27H34N4O7S. The normalized spacial score (nSPS) is 14.1. The topological polar surface area (TPSA) is 132 Å². The molecule has 1 fully saturated rings. The number of rotatable bonds is 10. The van der Waals surface area contributed by atoms with Gasteiger partial charge in [0.2, 0.25) is 11.7 Å². The summed E-state index contributed by atoms with van der Waals surface area (Å²) in [5.74, 6) is 0.720. The maximum absolute atomic E-state index is 13.5. The second-order valence-corrected chi connectivity index (χ2v) is 11.5. The Labute approximate surface area is 228 Å². The molecule has 12 heteroatoms. The van der Waals surface area contributed by atoms with E-state index in [0.717, 1.165) is 5.56 Å². The smallest absolute Gasteiger partial charge is 0.265 e. The number of methoxy groups -OCH3 is 1. The van der Waals surface area contributed by atoms with E-state index in [1.807, 2.05) is 4.90 Å². The number of para-hydroxylation sites is 2. The number of morpholine rings is 1. The molecule has 210 valence electrons. The number of aliphatic hydroxyl groups is 1. The number of ether oxygens (including phenoxy) is 4. The second-order valence-electron chi connectivity index (χ2n) is 9.81. The molecule has 3 aromatic rings. The van der Waals surface area contributed by atoms with Gasteiger partial charge in [0.1, 0.15) is 6.61 Å². The van der Waals surface area contributed by atoms with Crippen molar-refractivity contribution in [2.75, 3.05) is 56.2 Å². The largest absolute Gasteiger partial charge is 0.493 e. The molecule has 1 aliphatic rings. The molecule has 2 heterocycles. The standard InChI is InChI=1S/C27H34N4O7S/c1-27(2,3)19-9-11-20(12-10-19)39(33,34)30-24-23(38-22-8-6-5-7-21(22)35-4)25(37-18-15-32)29-26(28-24)31-13-16-36-17-14-31/h5-12,32H,13-18H2,1-4H3,(H,28,29,30). The van der Waals surface area contributed by atoms with Crippen molar-refractivity contribution in [3.05, 3.63) is 54.1 Å². The molecule has 0 amide bonds. The van der Waals surface area contributed by atoms with Crippen LogP contribution < -0.4 is 23.8 Å². The third-order valence-corrected chi connectivity index (χ3v) is 7.34. The fourth-order valence-electron chi connectivity index (χ4n) is 3.86. The summed E-state index contributed by atoms with van der Waals surface area (Å²) >= 11 is 0. The van der Waals surface area contributed by atoms with Crippen molar-refractivity contribution in [2.24, 2.45) is 0 Å². The highest BCUT2D eigenvalue weighted by Gasteiger charge is 2.27. The van der Waals surface area contributed by atoms with Crippen LogP contribution in [0.5, 0.6) is 23.1 Å². The van der Waals surface area contributed by atoms with Crippen molar-refractivity contribution in [1.82, 2.24) is 9.97 Å². The van der Waals surface area contributed by atoms with Gasteiger partial charge in [0.25, 0.3) is 15.9 Å². The number of nitrogens with one attached hydrogen (secondary N) is 1. The number of benzene rings is 2. The minimum absolute atomic E-state index is 0.0350. The van der Waals surface area contributed by atoms with Crippen LogP contribution in [0.3, 0.4) is 0 Å². The van der Waals surface area contributed by atoms with Gasteiger partial charge in [0.15, 0.2) is 17.3 Å². The van der Waals surface area contributed by atoms with Crippen LogP contribution in [-0.4, -0.2) is 70.1 Å². The van der Waals surface area contributed by atoms with Gasteiger partial charge in [-0.1, -0.05) is 45.0 Å². The van der Waals surface area contributed by atoms with Gasteiger partial charge in [-0.25, -0.2) is 8.42 Å². The molecule has 0 saturated carbocycles. The van der Waals surface area contributed by atoms with Gasteiger partial charge < -0.3 is 29.0 Å². The number of sulfonamides is 1. The lowest BCUT2D eigenvalue weighted by Crippen LogP contribution is -2.37. The molecule has 1 saturated heterocycles. The summed E-state index contributed by atoms with van der Waals surface area (Å²) < 4.78 is 52.3. The molecule has 1 aromatic heterocycles. The van der Waals surface area contributed by atoms with Crippen molar-refractivity contribution < 1.29 is 32.5 Å². The van der Waals surface area contributed by atoms with Crippen molar-refractivity contribution >= 4 is 21.8 Å². The predicted molar refractivity (Wildman–Crippen MR) is 147 cm³/mol. The molecule has 4 rings (SSSR count). The van der Waals surface area contributed by atoms with Gasteiger partial charge in [-0.15, -0.1) is 0 Å². The summed E-state index contributed by atoms with van der Waals surface area (Å²) in [4.78, 5) is 11.0. The highest BCUT2D eigenvalue weighted by Crippen LogP contribution is 2.41. The highest BCUT2D eigenvalue weighted by atomic mass is 32.2. The van der Waals surface area contributed by atoms with Crippen molar-refractivity contribution in [2.45, 2.75) is 31.1 Å².